The van der Waals surface area contributed by atoms with Gasteiger partial charge in [0.2, 0.25) is 0 Å². The molecular weight excluding hydrogens is 268 g/mol. The molecular formula is C16H20N2OS. The second-order valence-corrected chi connectivity index (χ2v) is 6.53. The van der Waals surface area contributed by atoms with Crippen LogP contribution in [-0.4, -0.2) is 34.7 Å². The highest BCUT2D eigenvalue weighted by Gasteiger charge is 2.20. The van der Waals surface area contributed by atoms with Crippen LogP contribution in [0.3, 0.4) is 0 Å². The molecule has 0 spiro atoms. The molecule has 1 N–H and O–H groups in total. The van der Waals surface area contributed by atoms with Crippen molar-refractivity contribution in [2.45, 2.75) is 19.4 Å². The molecule has 106 valence electrons. The van der Waals surface area contributed by atoms with Crippen LogP contribution >= 0.6 is 11.3 Å². The van der Waals surface area contributed by atoms with Crippen molar-refractivity contribution in [2.75, 3.05) is 19.7 Å². The Morgan fingerprint density at radius 3 is 2.95 bits per heavy atom. The highest BCUT2D eigenvalue weighted by Crippen LogP contribution is 2.27. The topological polar surface area (TPSA) is 36.4 Å². The van der Waals surface area contributed by atoms with Crippen LogP contribution in [-0.2, 0) is 6.54 Å². The molecule has 1 aliphatic rings. The standard InChI is InChI=1S/C16H20N2OS/c19-12-13-5-4-8-18(10-13)11-16-17-9-15(20-16)14-6-2-1-3-7-14/h1-3,6-7,9,13,19H,4-5,8,10-12H2. The highest BCUT2D eigenvalue weighted by atomic mass is 32.1. The van der Waals surface area contributed by atoms with Crippen molar-refractivity contribution < 1.29 is 5.11 Å². The molecule has 20 heavy (non-hydrogen) atoms. The number of benzene rings is 1. The summed E-state index contributed by atoms with van der Waals surface area (Å²) in [6.45, 7) is 3.34. The molecule has 1 aliphatic heterocycles. The van der Waals surface area contributed by atoms with Crippen LogP contribution in [0, 0.1) is 5.92 Å². The summed E-state index contributed by atoms with van der Waals surface area (Å²) in [4.78, 5) is 8.20. The van der Waals surface area contributed by atoms with Gasteiger partial charge < -0.3 is 5.11 Å². The van der Waals surface area contributed by atoms with Crippen molar-refractivity contribution in [1.29, 1.82) is 0 Å². The molecule has 0 radical (unpaired) electrons. The lowest BCUT2D eigenvalue weighted by Gasteiger charge is -2.30. The van der Waals surface area contributed by atoms with E-state index < -0.39 is 0 Å². The summed E-state index contributed by atoms with van der Waals surface area (Å²) >= 11 is 1.77. The van der Waals surface area contributed by atoms with Crippen molar-refractivity contribution in [3.63, 3.8) is 0 Å². The molecule has 0 bridgehead atoms. The van der Waals surface area contributed by atoms with Gasteiger partial charge in [0.05, 0.1) is 11.4 Å². The Morgan fingerprint density at radius 1 is 1.30 bits per heavy atom. The fourth-order valence-electron chi connectivity index (χ4n) is 2.75. The Hall–Kier alpha value is -1.23. The summed E-state index contributed by atoms with van der Waals surface area (Å²) in [5, 5.41) is 10.5. The first-order chi connectivity index (χ1) is 9.85. The van der Waals surface area contributed by atoms with Crippen LogP contribution in [0.25, 0.3) is 10.4 Å². The number of thiazole rings is 1. The van der Waals surface area contributed by atoms with E-state index in [0.717, 1.165) is 26.1 Å². The molecule has 0 saturated carbocycles. The zero-order valence-corrected chi connectivity index (χ0v) is 12.4. The fraction of sp³-hybridized carbons (Fsp3) is 0.438. The van der Waals surface area contributed by atoms with E-state index in [-0.39, 0.29) is 0 Å². The Labute approximate surface area is 123 Å². The average Bonchev–Trinajstić information content (AvgIpc) is 2.97. The molecule has 1 atom stereocenters. The minimum Gasteiger partial charge on any atom is -0.396 e. The maximum absolute atomic E-state index is 9.29. The third-order valence-electron chi connectivity index (χ3n) is 3.83. The molecule has 1 saturated heterocycles. The molecule has 1 fully saturated rings. The second-order valence-electron chi connectivity index (χ2n) is 5.41. The Morgan fingerprint density at radius 2 is 2.15 bits per heavy atom. The summed E-state index contributed by atoms with van der Waals surface area (Å²) in [7, 11) is 0. The predicted molar refractivity (Wildman–Crippen MR) is 82.6 cm³/mol. The van der Waals surface area contributed by atoms with E-state index in [4.69, 9.17) is 0 Å². The zero-order chi connectivity index (χ0) is 13.8. The van der Waals surface area contributed by atoms with Gasteiger partial charge in [0.25, 0.3) is 0 Å². The number of hydrogen-bond donors (Lipinski definition) is 1. The van der Waals surface area contributed by atoms with Crippen molar-refractivity contribution in [2.24, 2.45) is 5.92 Å². The number of aromatic nitrogens is 1. The minimum absolute atomic E-state index is 0.309. The van der Waals surface area contributed by atoms with E-state index in [9.17, 15) is 5.11 Å². The molecule has 2 aromatic rings. The minimum atomic E-state index is 0.309. The molecule has 3 nitrogen and oxygen atoms in total. The number of aliphatic hydroxyl groups is 1. The van der Waals surface area contributed by atoms with Crippen LogP contribution in [0.2, 0.25) is 0 Å². The number of aliphatic hydroxyl groups excluding tert-OH is 1. The molecule has 3 rings (SSSR count). The molecule has 1 aromatic carbocycles. The second kappa shape index (κ2) is 6.48. The lowest BCUT2D eigenvalue weighted by molar-refractivity contribution is 0.116. The Kier molecular flexibility index (Phi) is 4.45. The van der Waals surface area contributed by atoms with Gasteiger partial charge in [-0.1, -0.05) is 30.3 Å². The van der Waals surface area contributed by atoms with Crippen molar-refractivity contribution >= 4 is 11.3 Å². The van der Waals surface area contributed by atoms with Crippen molar-refractivity contribution in [3.8, 4) is 10.4 Å². The lowest BCUT2D eigenvalue weighted by atomic mass is 9.99. The van der Waals surface area contributed by atoms with Gasteiger partial charge in [0, 0.05) is 19.3 Å². The number of rotatable bonds is 4. The molecule has 0 amide bonds. The summed E-state index contributed by atoms with van der Waals surface area (Å²) in [5.74, 6) is 0.442. The van der Waals surface area contributed by atoms with Gasteiger partial charge >= 0.3 is 0 Å². The number of piperidine rings is 1. The smallest absolute Gasteiger partial charge is 0.107 e. The normalized spacial score (nSPS) is 20.1. The summed E-state index contributed by atoms with van der Waals surface area (Å²) in [6, 6.07) is 10.4. The monoisotopic (exact) mass is 288 g/mol. The first-order valence-corrected chi connectivity index (χ1v) is 8.00. The third-order valence-corrected chi connectivity index (χ3v) is 4.86. The number of hydrogen-bond acceptors (Lipinski definition) is 4. The SMILES string of the molecule is OCC1CCCN(Cc2ncc(-c3ccccc3)s2)C1. The van der Waals surface area contributed by atoms with E-state index in [1.807, 2.05) is 12.3 Å². The highest BCUT2D eigenvalue weighted by molar-refractivity contribution is 7.15. The fourth-order valence-corrected chi connectivity index (χ4v) is 3.72. The van der Waals surface area contributed by atoms with Crippen LogP contribution in [0.5, 0.6) is 0 Å². The van der Waals surface area contributed by atoms with Crippen LogP contribution in [0.15, 0.2) is 36.5 Å². The molecule has 4 heteroatoms. The summed E-state index contributed by atoms with van der Waals surface area (Å²) in [5.41, 5.74) is 1.24. The lowest BCUT2D eigenvalue weighted by Crippen LogP contribution is -2.36. The van der Waals surface area contributed by atoms with E-state index in [0.29, 0.717) is 12.5 Å². The van der Waals surface area contributed by atoms with Gasteiger partial charge in [-0.25, -0.2) is 4.98 Å². The molecule has 1 unspecified atom stereocenters. The summed E-state index contributed by atoms with van der Waals surface area (Å²) < 4.78 is 0. The average molecular weight is 288 g/mol. The van der Waals surface area contributed by atoms with E-state index in [1.54, 1.807) is 11.3 Å². The quantitative estimate of drug-likeness (QED) is 0.939. The van der Waals surface area contributed by atoms with Crippen LogP contribution in [0.1, 0.15) is 17.8 Å². The van der Waals surface area contributed by atoms with Gasteiger partial charge in [-0.15, -0.1) is 11.3 Å². The predicted octanol–water partition coefficient (Wildman–Crippen LogP) is 3.01. The number of likely N-dealkylation sites (tertiary alicyclic amines) is 1. The largest absolute Gasteiger partial charge is 0.396 e. The van der Waals surface area contributed by atoms with Gasteiger partial charge in [0.15, 0.2) is 0 Å². The first kappa shape index (κ1) is 13.7. The maximum Gasteiger partial charge on any atom is 0.107 e. The van der Waals surface area contributed by atoms with Crippen molar-refractivity contribution in [1.82, 2.24) is 9.88 Å². The van der Waals surface area contributed by atoms with Gasteiger partial charge in [0.1, 0.15) is 5.01 Å². The van der Waals surface area contributed by atoms with Gasteiger partial charge in [-0.2, -0.15) is 0 Å². The van der Waals surface area contributed by atoms with E-state index >= 15 is 0 Å². The van der Waals surface area contributed by atoms with Crippen molar-refractivity contribution in [3.05, 3.63) is 41.5 Å². The van der Waals surface area contributed by atoms with Gasteiger partial charge in [-0.3, -0.25) is 4.90 Å². The molecule has 2 heterocycles. The Bertz CT molecular complexity index is 540. The number of nitrogens with zero attached hydrogens (tertiary/aromatic N) is 2. The first-order valence-electron chi connectivity index (χ1n) is 7.18. The van der Waals surface area contributed by atoms with Gasteiger partial charge in [-0.05, 0) is 30.9 Å². The Balaban J connectivity index is 1.65. The molecule has 1 aromatic heterocycles. The van der Waals surface area contributed by atoms with E-state index in [1.165, 1.54) is 21.9 Å². The van der Waals surface area contributed by atoms with Crippen LogP contribution < -0.4 is 0 Å². The van der Waals surface area contributed by atoms with E-state index in [2.05, 4.69) is 34.1 Å². The third kappa shape index (κ3) is 3.26. The molecule has 0 aliphatic carbocycles. The van der Waals surface area contributed by atoms with Crippen LogP contribution in [0.4, 0.5) is 0 Å². The maximum atomic E-state index is 9.29. The zero-order valence-electron chi connectivity index (χ0n) is 11.5. The summed E-state index contributed by atoms with van der Waals surface area (Å²) in [6.07, 6.45) is 4.31.